The van der Waals surface area contributed by atoms with Crippen molar-refractivity contribution in [3.05, 3.63) is 81.8 Å². The molecule has 0 spiro atoms. The average Bonchev–Trinajstić information content (AvgIpc) is 3.39. The van der Waals surface area contributed by atoms with E-state index in [2.05, 4.69) is 5.32 Å². The Balaban J connectivity index is 1.91. The van der Waals surface area contributed by atoms with Crippen LogP contribution in [0.2, 0.25) is 0 Å². The number of methoxy groups -OCH3 is 3. The lowest BCUT2D eigenvalue weighted by Crippen LogP contribution is -2.55. The predicted octanol–water partition coefficient (Wildman–Crippen LogP) is 4.66. The van der Waals surface area contributed by atoms with Crippen molar-refractivity contribution >= 4 is 23.3 Å². The van der Waals surface area contributed by atoms with Crippen molar-refractivity contribution in [3.8, 4) is 17.0 Å². The van der Waals surface area contributed by atoms with Gasteiger partial charge in [0.25, 0.3) is 0 Å². The van der Waals surface area contributed by atoms with E-state index >= 15 is 0 Å². The van der Waals surface area contributed by atoms with Crippen molar-refractivity contribution in [2.45, 2.75) is 25.3 Å². The second-order valence-corrected chi connectivity index (χ2v) is 9.34. The van der Waals surface area contributed by atoms with Gasteiger partial charge < -0.3 is 19.5 Å². The van der Waals surface area contributed by atoms with E-state index < -0.39 is 29.3 Å². The van der Waals surface area contributed by atoms with Crippen molar-refractivity contribution in [2.24, 2.45) is 5.92 Å². The lowest BCUT2D eigenvalue weighted by molar-refractivity contribution is -0.150. The molecule has 35 heavy (non-hydrogen) atoms. The van der Waals surface area contributed by atoms with Gasteiger partial charge in [-0.3, -0.25) is 4.79 Å². The number of benzene rings is 2. The van der Waals surface area contributed by atoms with E-state index in [9.17, 15) is 9.59 Å². The average molecular weight is 493 g/mol. The van der Waals surface area contributed by atoms with Crippen molar-refractivity contribution in [2.75, 3.05) is 21.3 Å². The number of para-hydroxylation sites is 1. The normalized spacial score (nSPS) is 21.7. The van der Waals surface area contributed by atoms with Crippen LogP contribution in [-0.2, 0) is 24.6 Å². The van der Waals surface area contributed by atoms with Gasteiger partial charge in [-0.05, 0) is 31.5 Å². The molecule has 2 heterocycles. The van der Waals surface area contributed by atoms with E-state index in [1.165, 1.54) is 25.6 Å². The molecule has 8 heteroatoms. The van der Waals surface area contributed by atoms with Crippen LogP contribution in [0.4, 0.5) is 0 Å². The highest BCUT2D eigenvalue weighted by Crippen LogP contribution is 2.49. The Bertz CT molecular complexity index is 1270. The lowest BCUT2D eigenvalue weighted by atomic mass is 9.67. The van der Waals surface area contributed by atoms with Crippen LogP contribution in [0, 0.1) is 5.92 Å². The fourth-order valence-corrected chi connectivity index (χ4v) is 5.83. The zero-order valence-corrected chi connectivity index (χ0v) is 21.1. The summed E-state index contributed by atoms with van der Waals surface area (Å²) in [7, 11) is 4.32. The van der Waals surface area contributed by atoms with Gasteiger partial charge in [-0.15, -0.1) is 11.3 Å². The Hall–Kier alpha value is -3.65. The molecule has 0 amide bonds. The summed E-state index contributed by atoms with van der Waals surface area (Å²) >= 11 is 1.44. The third-order valence-corrected chi connectivity index (χ3v) is 7.55. The monoisotopic (exact) mass is 492 g/mol. The van der Waals surface area contributed by atoms with Gasteiger partial charge in [-0.2, -0.15) is 0 Å². The first kappa shape index (κ1) is 24.5. The van der Waals surface area contributed by atoms with Crippen molar-refractivity contribution in [1.29, 1.82) is 0 Å². The molecule has 3 unspecified atom stereocenters. The number of hydrogen-bond acceptors (Lipinski definition) is 8. The smallest absolute Gasteiger partial charge is 0.336 e. The van der Waals surface area contributed by atoms with Gasteiger partial charge in [-0.1, -0.05) is 42.5 Å². The van der Waals surface area contributed by atoms with Crippen LogP contribution in [0.1, 0.15) is 30.3 Å². The zero-order valence-electron chi connectivity index (χ0n) is 20.3. The second-order valence-electron chi connectivity index (χ2n) is 8.48. The molecule has 0 saturated heterocycles. The maximum Gasteiger partial charge on any atom is 0.336 e. The summed E-state index contributed by atoms with van der Waals surface area (Å²) in [5.41, 5.74) is 2.48. The van der Waals surface area contributed by atoms with Crippen LogP contribution in [-0.4, -0.2) is 38.3 Å². The predicted molar refractivity (Wildman–Crippen MR) is 134 cm³/mol. The summed E-state index contributed by atoms with van der Waals surface area (Å²) in [4.78, 5) is 31.3. The van der Waals surface area contributed by atoms with Gasteiger partial charge >= 0.3 is 11.9 Å². The summed E-state index contributed by atoms with van der Waals surface area (Å²) < 4.78 is 15.9. The van der Waals surface area contributed by atoms with Crippen molar-refractivity contribution in [3.63, 3.8) is 0 Å². The van der Waals surface area contributed by atoms with E-state index in [4.69, 9.17) is 19.2 Å². The minimum absolute atomic E-state index is 0.396. The summed E-state index contributed by atoms with van der Waals surface area (Å²) in [5.74, 6) is -1.61. The van der Waals surface area contributed by atoms with E-state index in [-0.39, 0.29) is 0 Å². The number of esters is 2. The molecule has 0 bridgehead atoms. The molecule has 0 fully saturated rings. The third-order valence-electron chi connectivity index (χ3n) is 6.47. The molecule has 2 aromatic carbocycles. The number of carbonyl (C=O) groups is 2. The van der Waals surface area contributed by atoms with Gasteiger partial charge in [0.2, 0.25) is 0 Å². The summed E-state index contributed by atoms with van der Waals surface area (Å²) in [6, 6.07) is 17.1. The van der Waals surface area contributed by atoms with Gasteiger partial charge in [0.15, 0.2) is 0 Å². The fourth-order valence-electron chi connectivity index (χ4n) is 4.85. The van der Waals surface area contributed by atoms with Gasteiger partial charge in [0.05, 0.1) is 38.5 Å². The summed E-state index contributed by atoms with van der Waals surface area (Å²) in [6.45, 7) is 3.75. The van der Waals surface area contributed by atoms with Crippen LogP contribution in [0.15, 0.2) is 71.2 Å². The number of nitrogens with one attached hydrogen (secondary N) is 1. The number of ether oxygens (including phenoxy) is 3. The molecule has 1 aliphatic rings. The molecule has 3 atom stereocenters. The van der Waals surface area contributed by atoms with E-state index in [0.29, 0.717) is 22.0 Å². The Labute approximate surface area is 208 Å². The van der Waals surface area contributed by atoms with Crippen LogP contribution in [0.25, 0.3) is 11.3 Å². The highest BCUT2D eigenvalue weighted by molar-refractivity contribution is 7.10. The van der Waals surface area contributed by atoms with Crippen LogP contribution < -0.4 is 10.1 Å². The fraction of sp³-hybridized carbons (Fsp3) is 0.296. The highest BCUT2D eigenvalue weighted by Gasteiger charge is 2.54. The molecule has 182 valence electrons. The Morgan fingerprint density at radius 3 is 2.34 bits per heavy atom. The quantitative estimate of drug-likeness (QED) is 0.501. The van der Waals surface area contributed by atoms with E-state index in [0.717, 1.165) is 16.8 Å². The first-order valence-corrected chi connectivity index (χ1v) is 12.0. The van der Waals surface area contributed by atoms with Crippen molar-refractivity contribution in [1.82, 2.24) is 10.3 Å². The van der Waals surface area contributed by atoms with Gasteiger partial charge in [-0.25, -0.2) is 9.78 Å². The van der Waals surface area contributed by atoms with Crippen LogP contribution in [0.3, 0.4) is 0 Å². The molecule has 1 aromatic heterocycles. The van der Waals surface area contributed by atoms with Crippen LogP contribution >= 0.6 is 11.3 Å². The molecule has 4 rings (SSSR count). The summed E-state index contributed by atoms with van der Waals surface area (Å²) in [5, 5.41) is 6.07. The highest BCUT2D eigenvalue weighted by atomic mass is 32.1. The maximum absolute atomic E-state index is 13.4. The summed E-state index contributed by atoms with van der Waals surface area (Å²) in [6.07, 6.45) is 0. The molecule has 3 aromatic rings. The molecule has 0 radical (unpaired) electrons. The molecular weight excluding hydrogens is 464 g/mol. The molecule has 7 nitrogen and oxygen atoms in total. The van der Waals surface area contributed by atoms with E-state index in [1.807, 2.05) is 73.8 Å². The van der Waals surface area contributed by atoms with E-state index in [1.54, 1.807) is 7.11 Å². The third kappa shape index (κ3) is 4.30. The number of hydrogen-bond donors (Lipinski definition) is 1. The topological polar surface area (TPSA) is 86.8 Å². The van der Waals surface area contributed by atoms with Crippen LogP contribution in [0.5, 0.6) is 5.75 Å². The molecule has 1 aliphatic heterocycles. The molecular formula is C27H28N2O5S. The number of allylic oxidation sites excluding steroid dienone is 1. The Kier molecular flexibility index (Phi) is 6.93. The molecule has 0 saturated carbocycles. The van der Waals surface area contributed by atoms with Gasteiger partial charge in [0.1, 0.15) is 16.3 Å². The number of aromatic nitrogens is 1. The number of nitrogens with zero attached hydrogens (tertiary/aromatic N) is 1. The molecule has 0 aliphatic carbocycles. The zero-order chi connectivity index (χ0) is 25.2. The van der Waals surface area contributed by atoms with Crippen molar-refractivity contribution < 1.29 is 23.8 Å². The first-order chi connectivity index (χ1) is 16.8. The number of rotatable bonds is 6. The Morgan fingerprint density at radius 2 is 1.69 bits per heavy atom. The second kappa shape index (κ2) is 9.92. The largest absolute Gasteiger partial charge is 0.496 e. The van der Waals surface area contributed by atoms with Gasteiger partial charge in [0, 0.05) is 22.6 Å². The molecule has 1 N–H and O–H groups in total. The standard InChI is InChI=1S/C27H28N2O5S/c1-16-21(24(30)33-4)22(17-11-7-6-8-12-17)23(25(31)34-5)27(2,29-16)26-28-19(15-35-26)18-13-9-10-14-20(18)32-3/h6-15,22-23,29H,1-5H3. The minimum atomic E-state index is -0.958. The minimum Gasteiger partial charge on any atom is -0.496 e. The first-order valence-electron chi connectivity index (χ1n) is 11.1. The SMILES string of the molecule is COC(=O)C1=C(C)NC(C)(c2nc(-c3ccccc3OC)cs2)C(C(=O)OC)C1c1ccccc1. The number of thiazole rings is 1. The lowest BCUT2D eigenvalue weighted by Gasteiger charge is -2.45. The number of carbonyl (C=O) groups excluding carboxylic acids is 2. The maximum atomic E-state index is 13.4. The Morgan fingerprint density at radius 1 is 1.00 bits per heavy atom.